The number of methoxy groups -OCH3 is 2. The monoisotopic (exact) mass is 510 g/mol. The van der Waals surface area contributed by atoms with E-state index in [9.17, 15) is 4.79 Å². The van der Waals surface area contributed by atoms with Crippen LogP contribution in [0.15, 0.2) is 71.8 Å². The smallest absolute Gasteiger partial charge is 0.261 e. The molecule has 0 aliphatic carbocycles. The molecule has 2 aliphatic rings. The largest absolute Gasteiger partial charge is 0.493 e. The van der Waals surface area contributed by atoms with Gasteiger partial charge < -0.3 is 19.3 Å². The Morgan fingerprint density at radius 2 is 1.66 bits per heavy atom. The van der Waals surface area contributed by atoms with Crippen molar-refractivity contribution in [2.75, 3.05) is 45.3 Å². The highest BCUT2D eigenvalue weighted by Crippen LogP contribution is 2.43. The van der Waals surface area contributed by atoms with E-state index in [1.807, 2.05) is 34.9 Å². The lowest BCUT2D eigenvalue weighted by Gasteiger charge is -2.35. The van der Waals surface area contributed by atoms with Gasteiger partial charge in [0, 0.05) is 49.2 Å². The molecule has 0 amide bonds. The number of aromatic nitrogens is 2. The van der Waals surface area contributed by atoms with Crippen LogP contribution in [0.3, 0.4) is 0 Å². The maximum Gasteiger partial charge on any atom is 0.261 e. The van der Waals surface area contributed by atoms with Gasteiger partial charge in [-0.05, 0) is 61.6 Å². The second-order valence-electron chi connectivity index (χ2n) is 10.1. The first-order valence-corrected chi connectivity index (χ1v) is 13.5. The number of anilines is 2. The molecule has 0 bridgehead atoms. The molecule has 3 heterocycles. The fraction of sp³-hybridized carbons (Fsp3) is 0.355. The van der Waals surface area contributed by atoms with E-state index < -0.39 is 0 Å². The van der Waals surface area contributed by atoms with Gasteiger partial charge in [-0.1, -0.05) is 30.3 Å². The molecule has 0 N–H and O–H groups in total. The number of para-hydroxylation sites is 2. The van der Waals surface area contributed by atoms with Crippen LogP contribution < -0.4 is 19.9 Å². The van der Waals surface area contributed by atoms with Gasteiger partial charge in [-0.3, -0.25) is 9.36 Å². The first kappa shape index (κ1) is 24.5. The Kier molecular flexibility index (Phi) is 6.77. The Balaban J connectivity index is 1.20. The summed E-state index contributed by atoms with van der Waals surface area (Å²) in [4.78, 5) is 22.6. The number of hydrogen-bond acceptors (Lipinski definition) is 6. The average Bonchev–Trinajstić information content (AvgIpc) is 3.13. The minimum absolute atomic E-state index is 0.0659. The van der Waals surface area contributed by atoms with Gasteiger partial charge in [-0.15, -0.1) is 0 Å². The maximum absolute atomic E-state index is 13.1. The number of benzene rings is 3. The molecule has 0 radical (unpaired) electrons. The minimum Gasteiger partial charge on any atom is -0.493 e. The molecule has 6 rings (SSSR count). The summed E-state index contributed by atoms with van der Waals surface area (Å²) in [6.07, 6.45) is 5.49. The molecule has 2 aliphatic heterocycles. The molecule has 7 nitrogen and oxygen atoms in total. The third-order valence-corrected chi connectivity index (χ3v) is 8.12. The van der Waals surface area contributed by atoms with E-state index in [1.54, 1.807) is 20.5 Å². The number of rotatable bonds is 6. The van der Waals surface area contributed by atoms with Crippen molar-refractivity contribution in [3.63, 3.8) is 0 Å². The van der Waals surface area contributed by atoms with Crippen LogP contribution in [0.1, 0.15) is 30.0 Å². The Hall–Kier alpha value is -3.84. The Labute approximate surface area is 223 Å². The highest BCUT2D eigenvalue weighted by Gasteiger charge is 2.27. The van der Waals surface area contributed by atoms with Gasteiger partial charge in [0.25, 0.3) is 5.56 Å². The number of hydrogen-bond donors (Lipinski definition) is 0. The molecule has 1 aromatic heterocycles. The number of aryl methyl sites for hydroxylation is 1. The first-order chi connectivity index (χ1) is 18.7. The number of likely N-dealkylation sites (tertiary alicyclic amines) is 1. The third kappa shape index (κ3) is 4.41. The van der Waals surface area contributed by atoms with E-state index in [0.29, 0.717) is 5.39 Å². The second-order valence-corrected chi connectivity index (χ2v) is 10.1. The summed E-state index contributed by atoms with van der Waals surface area (Å²) < 4.78 is 13.3. The Morgan fingerprint density at radius 1 is 0.868 bits per heavy atom. The summed E-state index contributed by atoms with van der Waals surface area (Å²) in [7, 11) is 3.42. The maximum atomic E-state index is 13.1. The molecular formula is C31H34N4O3. The van der Waals surface area contributed by atoms with Gasteiger partial charge >= 0.3 is 0 Å². The number of fused-ring (bicyclic) bond motifs is 3. The van der Waals surface area contributed by atoms with Crippen LogP contribution in [0.5, 0.6) is 11.5 Å². The van der Waals surface area contributed by atoms with Crippen molar-refractivity contribution in [1.29, 1.82) is 0 Å². The van der Waals surface area contributed by atoms with Gasteiger partial charge in [0.15, 0.2) is 11.5 Å². The van der Waals surface area contributed by atoms with Crippen molar-refractivity contribution in [2.45, 2.75) is 31.7 Å². The predicted octanol–water partition coefficient (Wildman–Crippen LogP) is 4.99. The van der Waals surface area contributed by atoms with Crippen LogP contribution in [0.25, 0.3) is 10.9 Å². The topological polar surface area (TPSA) is 59.8 Å². The van der Waals surface area contributed by atoms with Crippen molar-refractivity contribution in [2.24, 2.45) is 0 Å². The van der Waals surface area contributed by atoms with Gasteiger partial charge in [0.05, 0.1) is 31.4 Å². The van der Waals surface area contributed by atoms with Crippen LogP contribution in [-0.2, 0) is 12.8 Å². The van der Waals surface area contributed by atoms with E-state index in [4.69, 9.17) is 9.47 Å². The molecular weight excluding hydrogens is 476 g/mol. The molecule has 4 aromatic rings. The highest BCUT2D eigenvalue weighted by atomic mass is 16.5. The zero-order chi connectivity index (χ0) is 26.1. The fourth-order valence-electron chi connectivity index (χ4n) is 6.10. The van der Waals surface area contributed by atoms with Crippen molar-refractivity contribution in [3.05, 3.63) is 88.5 Å². The van der Waals surface area contributed by atoms with E-state index in [1.165, 1.54) is 22.5 Å². The zero-order valence-electron chi connectivity index (χ0n) is 22.1. The van der Waals surface area contributed by atoms with Gasteiger partial charge in [-0.25, -0.2) is 4.98 Å². The zero-order valence-corrected chi connectivity index (χ0v) is 22.1. The molecule has 0 saturated carbocycles. The summed E-state index contributed by atoms with van der Waals surface area (Å²) in [5.41, 5.74) is 5.84. The van der Waals surface area contributed by atoms with E-state index in [0.717, 1.165) is 68.9 Å². The molecule has 3 aromatic carbocycles. The van der Waals surface area contributed by atoms with Gasteiger partial charge in [0.2, 0.25) is 0 Å². The van der Waals surface area contributed by atoms with E-state index >= 15 is 0 Å². The number of ether oxygens (including phenoxy) is 2. The summed E-state index contributed by atoms with van der Waals surface area (Å²) in [6, 6.07) is 20.7. The average molecular weight is 511 g/mol. The lowest BCUT2D eigenvalue weighted by atomic mass is 10.0. The normalized spacial score (nSPS) is 16.1. The van der Waals surface area contributed by atoms with Crippen molar-refractivity contribution in [3.8, 4) is 11.5 Å². The summed E-state index contributed by atoms with van der Waals surface area (Å²) in [5.74, 6) is 1.61. The SMILES string of the molecule is COc1ccc2c(c1OC)CCc1ccccc1N2CCN1CCC(n2cnc3ccccc3c2=O)CC1. The third-order valence-electron chi connectivity index (χ3n) is 8.12. The molecule has 7 heteroatoms. The molecule has 1 fully saturated rings. The number of piperidine rings is 1. The van der Waals surface area contributed by atoms with Crippen LogP contribution in [0.4, 0.5) is 11.4 Å². The van der Waals surface area contributed by atoms with E-state index in [2.05, 4.69) is 45.1 Å². The van der Waals surface area contributed by atoms with Crippen LogP contribution in [-0.4, -0.2) is 54.8 Å². The van der Waals surface area contributed by atoms with Gasteiger partial charge in [-0.2, -0.15) is 0 Å². The molecule has 38 heavy (non-hydrogen) atoms. The lowest BCUT2D eigenvalue weighted by Crippen LogP contribution is -2.41. The fourth-order valence-corrected chi connectivity index (χ4v) is 6.10. The van der Waals surface area contributed by atoms with Crippen molar-refractivity contribution < 1.29 is 9.47 Å². The molecule has 0 spiro atoms. The predicted molar refractivity (Wildman–Crippen MR) is 151 cm³/mol. The van der Waals surface area contributed by atoms with Crippen LogP contribution in [0.2, 0.25) is 0 Å². The summed E-state index contributed by atoms with van der Waals surface area (Å²) >= 11 is 0. The Bertz CT molecular complexity index is 1510. The summed E-state index contributed by atoms with van der Waals surface area (Å²) in [6.45, 7) is 3.73. The molecule has 0 unspecified atom stereocenters. The Morgan fingerprint density at radius 3 is 2.47 bits per heavy atom. The minimum atomic E-state index is 0.0659. The van der Waals surface area contributed by atoms with Crippen molar-refractivity contribution >= 4 is 22.3 Å². The standard InChI is InChI=1S/C31H34N4O3/c1-37-29-14-13-28-25(30(29)38-2)12-11-22-7-3-6-10-27(22)34(28)20-19-33-17-15-23(16-18-33)35-21-32-26-9-5-4-8-24(26)31(35)36/h3-10,13-14,21,23H,11-12,15-20H2,1-2H3. The van der Waals surface area contributed by atoms with Gasteiger partial charge in [0.1, 0.15) is 0 Å². The molecule has 1 saturated heterocycles. The quantitative estimate of drug-likeness (QED) is 0.364. The molecule has 0 atom stereocenters. The van der Waals surface area contributed by atoms with Crippen LogP contribution in [0, 0.1) is 0 Å². The second kappa shape index (κ2) is 10.5. The van der Waals surface area contributed by atoms with Crippen LogP contribution >= 0.6 is 0 Å². The first-order valence-electron chi connectivity index (χ1n) is 13.5. The van der Waals surface area contributed by atoms with E-state index in [-0.39, 0.29) is 11.6 Å². The highest BCUT2D eigenvalue weighted by molar-refractivity contribution is 5.77. The van der Waals surface area contributed by atoms with Crippen molar-refractivity contribution in [1.82, 2.24) is 14.5 Å². The molecule has 196 valence electrons. The lowest BCUT2D eigenvalue weighted by molar-refractivity contribution is 0.188. The summed E-state index contributed by atoms with van der Waals surface area (Å²) in [5, 5.41) is 0.697. The number of nitrogens with zero attached hydrogens (tertiary/aromatic N) is 4.